The predicted octanol–water partition coefficient (Wildman–Crippen LogP) is 3.25. The van der Waals surface area contributed by atoms with Crippen molar-refractivity contribution in [1.82, 2.24) is 14.9 Å². The van der Waals surface area contributed by atoms with Gasteiger partial charge in [-0.25, -0.2) is 4.98 Å². The molecule has 0 fully saturated rings. The first kappa shape index (κ1) is 18.5. The highest BCUT2D eigenvalue weighted by Gasteiger charge is 2.27. The van der Waals surface area contributed by atoms with Crippen LogP contribution in [0.25, 0.3) is 5.13 Å². The topological polar surface area (TPSA) is 56.1 Å². The van der Waals surface area contributed by atoms with E-state index in [1.807, 2.05) is 23.8 Å². The van der Waals surface area contributed by atoms with Gasteiger partial charge in [-0.3, -0.25) is 9.36 Å². The van der Waals surface area contributed by atoms with E-state index in [2.05, 4.69) is 15.0 Å². The number of aromatic nitrogens is 2. The van der Waals surface area contributed by atoms with Crippen LogP contribution in [0.15, 0.2) is 17.6 Å². The zero-order valence-electron chi connectivity index (χ0n) is 13.3. The molecule has 2 heterocycles. The van der Waals surface area contributed by atoms with Crippen molar-refractivity contribution in [3.63, 3.8) is 0 Å². The quantitative estimate of drug-likeness (QED) is 0.770. The Morgan fingerprint density at radius 2 is 2.17 bits per heavy atom. The number of carbonyl (C=O) groups excluding carboxylic acids is 1. The maximum absolute atomic E-state index is 12.2. The fourth-order valence-electron chi connectivity index (χ4n) is 2.27. The van der Waals surface area contributed by atoms with Crippen molar-refractivity contribution in [3.8, 4) is 5.13 Å². The number of hydrogen-bond acceptors (Lipinski definition) is 4. The maximum Gasteiger partial charge on any atom is 0.411 e. The van der Waals surface area contributed by atoms with Crippen molar-refractivity contribution in [2.24, 2.45) is 0 Å². The van der Waals surface area contributed by atoms with E-state index in [0.29, 0.717) is 12.0 Å². The first-order valence-electron chi connectivity index (χ1n) is 7.31. The van der Waals surface area contributed by atoms with Gasteiger partial charge in [0.15, 0.2) is 5.13 Å². The van der Waals surface area contributed by atoms with E-state index in [9.17, 15) is 18.0 Å². The van der Waals surface area contributed by atoms with Crippen LogP contribution in [-0.2, 0) is 4.74 Å². The average molecular weight is 361 g/mol. The molecular weight excluding hydrogens is 343 g/mol. The Labute approximate surface area is 141 Å². The first-order valence-corrected chi connectivity index (χ1v) is 8.19. The molecule has 2 rings (SSSR count). The van der Waals surface area contributed by atoms with E-state index in [1.54, 1.807) is 12.3 Å². The lowest BCUT2D eigenvalue weighted by atomic mass is 10.2. The molecule has 0 aliphatic heterocycles. The van der Waals surface area contributed by atoms with Crippen molar-refractivity contribution in [1.29, 1.82) is 0 Å². The zero-order chi connectivity index (χ0) is 17.7. The van der Waals surface area contributed by atoms with E-state index in [4.69, 9.17) is 0 Å². The van der Waals surface area contributed by atoms with Crippen LogP contribution in [0.4, 0.5) is 13.2 Å². The molecule has 0 radical (unpaired) electrons. The monoisotopic (exact) mass is 361 g/mol. The number of hydrogen-bond donors (Lipinski definition) is 1. The molecule has 1 amide bonds. The summed E-state index contributed by atoms with van der Waals surface area (Å²) in [6.07, 6.45) is -2.32. The van der Waals surface area contributed by atoms with Gasteiger partial charge in [0.05, 0.1) is 5.56 Å². The molecule has 1 N–H and O–H groups in total. The molecule has 0 aliphatic carbocycles. The summed E-state index contributed by atoms with van der Waals surface area (Å²) in [6.45, 7) is 2.64. The van der Waals surface area contributed by atoms with Crippen molar-refractivity contribution < 1.29 is 22.7 Å². The maximum atomic E-state index is 12.2. The van der Waals surface area contributed by atoms with Crippen LogP contribution in [0.5, 0.6) is 0 Å². The van der Waals surface area contributed by atoms with Gasteiger partial charge in [0.1, 0.15) is 6.61 Å². The highest BCUT2D eigenvalue weighted by molar-refractivity contribution is 7.12. The number of halogens is 3. The highest BCUT2D eigenvalue weighted by Crippen LogP contribution is 2.22. The fraction of sp³-hybridized carbons (Fsp3) is 0.467. The summed E-state index contributed by atoms with van der Waals surface area (Å²) in [5, 5.41) is 5.33. The van der Waals surface area contributed by atoms with Crippen molar-refractivity contribution in [2.45, 2.75) is 26.4 Å². The summed E-state index contributed by atoms with van der Waals surface area (Å²) in [7, 11) is 0. The lowest BCUT2D eigenvalue weighted by molar-refractivity contribution is -0.173. The normalized spacial score (nSPS) is 11.7. The minimum absolute atomic E-state index is 0.0576. The molecule has 0 aliphatic rings. The number of nitrogens with zero attached hydrogens (tertiary/aromatic N) is 2. The van der Waals surface area contributed by atoms with Crippen LogP contribution in [-0.4, -0.2) is 41.4 Å². The lowest BCUT2D eigenvalue weighted by Crippen LogP contribution is -2.26. The van der Waals surface area contributed by atoms with Crippen LogP contribution in [0.3, 0.4) is 0 Å². The van der Waals surface area contributed by atoms with Crippen LogP contribution < -0.4 is 5.32 Å². The van der Waals surface area contributed by atoms with Crippen LogP contribution in [0, 0.1) is 13.8 Å². The molecule has 9 heteroatoms. The molecule has 0 spiro atoms. The van der Waals surface area contributed by atoms with Crippen molar-refractivity contribution in [3.05, 3.63) is 34.6 Å². The van der Waals surface area contributed by atoms with Gasteiger partial charge in [-0.15, -0.1) is 11.3 Å². The van der Waals surface area contributed by atoms with Gasteiger partial charge >= 0.3 is 6.18 Å². The molecule has 0 bridgehead atoms. The van der Waals surface area contributed by atoms with Gasteiger partial charge < -0.3 is 10.1 Å². The number of rotatable bonds is 7. The van der Waals surface area contributed by atoms with Gasteiger partial charge in [-0.1, -0.05) is 0 Å². The van der Waals surface area contributed by atoms with E-state index < -0.39 is 12.8 Å². The van der Waals surface area contributed by atoms with Gasteiger partial charge in [-0.2, -0.15) is 13.2 Å². The van der Waals surface area contributed by atoms with E-state index in [1.165, 1.54) is 11.3 Å². The number of thiazole rings is 1. The second-order valence-electron chi connectivity index (χ2n) is 5.21. The van der Waals surface area contributed by atoms with E-state index >= 15 is 0 Å². The van der Waals surface area contributed by atoms with E-state index in [-0.39, 0.29) is 19.1 Å². The largest absolute Gasteiger partial charge is 0.411 e. The summed E-state index contributed by atoms with van der Waals surface area (Å²) < 4.78 is 42.1. The molecule has 0 saturated heterocycles. The Morgan fingerprint density at radius 3 is 2.79 bits per heavy atom. The summed E-state index contributed by atoms with van der Waals surface area (Å²) in [4.78, 5) is 16.5. The minimum atomic E-state index is -4.32. The number of aryl methyl sites for hydroxylation is 1. The molecule has 0 unspecified atom stereocenters. The lowest BCUT2D eigenvalue weighted by Gasteiger charge is -2.08. The van der Waals surface area contributed by atoms with Gasteiger partial charge in [0.25, 0.3) is 5.91 Å². The Kier molecular flexibility index (Phi) is 6.00. The zero-order valence-corrected chi connectivity index (χ0v) is 14.1. The predicted molar refractivity (Wildman–Crippen MR) is 84.7 cm³/mol. The SMILES string of the molecule is Cc1cc(C(=O)NCCCOCC(F)(F)F)c(C)n1-c1nccs1. The van der Waals surface area contributed by atoms with Crippen molar-refractivity contribution >= 4 is 17.2 Å². The molecule has 132 valence electrons. The number of alkyl halides is 3. The van der Waals surface area contributed by atoms with Crippen LogP contribution >= 0.6 is 11.3 Å². The van der Waals surface area contributed by atoms with Gasteiger partial charge in [0.2, 0.25) is 0 Å². The molecular formula is C15H18F3N3O2S. The van der Waals surface area contributed by atoms with Crippen molar-refractivity contribution in [2.75, 3.05) is 19.8 Å². The number of nitrogens with one attached hydrogen (secondary N) is 1. The standard InChI is InChI=1S/C15H18F3N3O2S/c1-10-8-12(11(2)21(10)14-20-5-7-24-14)13(22)19-4-3-6-23-9-15(16,17)18/h5,7-8H,3-4,6,9H2,1-2H3,(H,19,22). The number of ether oxygens (including phenoxy) is 1. The third-order valence-corrected chi connectivity index (χ3v) is 4.06. The number of carbonyl (C=O) groups is 1. The molecule has 5 nitrogen and oxygen atoms in total. The minimum Gasteiger partial charge on any atom is -0.372 e. The molecule has 0 atom stereocenters. The van der Waals surface area contributed by atoms with Gasteiger partial charge in [-0.05, 0) is 26.3 Å². The second-order valence-corrected chi connectivity index (χ2v) is 6.09. The summed E-state index contributed by atoms with van der Waals surface area (Å²) in [5.74, 6) is -0.262. The Balaban J connectivity index is 1.86. The fourth-order valence-corrected chi connectivity index (χ4v) is 3.02. The molecule has 0 aromatic carbocycles. The third kappa shape index (κ3) is 4.81. The molecule has 0 saturated carbocycles. The smallest absolute Gasteiger partial charge is 0.372 e. The molecule has 24 heavy (non-hydrogen) atoms. The first-order chi connectivity index (χ1) is 11.3. The summed E-state index contributed by atoms with van der Waals surface area (Å²) >= 11 is 1.47. The third-order valence-electron chi connectivity index (χ3n) is 3.30. The highest BCUT2D eigenvalue weighted by atomic mass is 32.1. The Hall–Kier alpha value is -1.87. The van der Waals surface area contributed by atoms with Gasteiger partial charge in [0, 0.05) is 36.1 Å². The second kappa shape index (κ2) is 7.80. The van der Waals surface area contributed by atoms with Crippen LogP contribution in [0.2, 0.25) is 0 Å². The van der Waals surface area contributed by atoms with E-state index in [0.717, 1.165) is 16.5 Å². The Bertz CT molecular complexity index is 681. The average Bonchev–Trinajstić information content (AvgIpc) is 3.09. The number of amides is 1. The van der Waals surface area contributed by atoms with Crippen LogP contribution in [0.1, 0.15) is 28.2 Å². The molecule has 2 aromatic rings. The Morgan fingerprint density at radius 1 is 1.42 bits per heavy atom. The molecule has 2 aromatic heterocycles. The summed E-state index contributed by atoms with van der Waals surface area (Å²) in [5.41, 5.74) is 2.19. The summed E-state index contributed by atoms with van der Waals surface area (Å²) in [6, 6.07) is 1.77.